The molecule has 0 fully saturated rings. The maximum Gasteiger partial charge on any atom is 0.573 e. The number of para-hydroxylation sites is 1. The third-order valence-corrected chi connectivity index (χ3v) is 2.98. The Balaban J connectivity index is 2.55. The summed E-state index contributed by atoms with van der Waals surface area (Å²) in [5.74, 6) is 0.428. The van der Waals surface area contributed by atoms with E-state index >= 15 is 0 Å². The number of aromatic nitrogens is 2. The van der Waals surface area contributed by atoms with Crippen molar-refractivity contribution in [1.29, 1.82) is 0 Å². The van der Waals surface area contributed by atoms with Gasteiger partial charge >= 0.3 is 6.36 Å². The van der Waals surface area contributed by atoms with Crippen LogP contribution < -0.4 is 10.1 Å². The van der Waals surface area contributed by atoms with Crippen molar-refractivity contribution >= 4 is 5.82 Å². The fourth-order valence-electron chi connectivity index (χ4n) is 1.86. The van der Waals surface area contributed by atoms with Crippen LogP contribution in [0.3, 0.4) is 0 Å². The molecule has 0 spiro atoms. The largest absolute Gasteiger partial charge is 0.573 e. The van der Waals surface area contributed by atoms with Crippen LogP contribution in [0, 0.1) is 13.8 Å². The van der Waals surface area contributed by atoms with Gasteiger partial charge in [0.2, 0.25) is 0 Å². The zero-order valence-electron chi connectivity index (χ0n) is 11.7. The standard InChI is InChI=1S/C14H14F3N3O/c1-8-9(2)19-13(20-12(8)18-3)10-6-4-5-7-11(10)21-14(15,16)17/h4-7H,1-3H3,(H,18,19,20). The molecular formula is C14H14F3N3O. The van der Waals surface area contributed by atoms with Gasteiger partial charge in [0.25, 0.3) is 0 Å². The van der Waals surface area contributed by atoms with Crippen molar-refractivity contribution in [2.24, 2.45) is 0 Å². The first-order valence-electron chi connectivity index (χ1n) is 6.20. The molecule has 2 aromatic rings. The SMILES string of the molecule is CNc1nc(-c2ccccc2OC(F)(F)F)nc(C)c1C. The average Bonchev–Trinajstić information content (AvgIpc) is 2.40. The second-order valence-electron chi connectivity index (χ2n) is 4.40. The van der Waals surface area contributed by atoms with Crippen molar-refractivity contribution in [3.63, 3.8) is 0 Å². The first kappa shape index (κ1) is 15.1. The maximum atomic E-state index is 12.5. The van der Waals surface area contributed by atoms with Gasteiger partial charge in [-0.05, 0) is 26.0 Å². The molecule has 0 bridgehead atoms. The van der Waals surface area contributed by atoms with Crippen LogP contribution in [0.5, 0.6) is 5.75 Å². The summed E-state index contributed by atoms with van der Waals surface area (Å²) in [5, 5.41) is 2.90. The molecule has 1 aromatic heterocycles. The Bertz CT molecular complexity index is 656. The Labute approximate surface area is 120 Å². The van der Waals surface area contributed by atoms with Crippen molar-refractivity contribution in [3.05, 3.63) is 35.5 Å². The van der Waals surface area contributed by atoms with E-state index < -0.39 is 6.36 Å². The van der Waals surface area contributed by atoms with Gasteiger partial charge in [-0.1, -0.05) is 12.1 Å². The zero-order chi connectivity index (χ0) is 15.6. The number of nitrogens with zero attached hydrogens (tertiary/aromatic N) is 2. The normalized spacial score (nSPS) is 11.3. The van der Waals surface area contributed by atoms with Crippen LogP contribution in [-0.4, -0.2) is 23.4 Å². The van der Waals surface area contributed by atoms with E-state index in [9.17, 15) is 13.2 Å². The summed E-state index contributed by atoms with van der Waals surface area (Å²) >= 11 is 0. The highest BCUT2D eigenvalue weighted by molar-refractivity contribution is 5.66. The van der Waals surface area contributed by atoms with E-state index in [2.05, 4.69) is 20.0 Å². The number of anilines is 1. The first-order chi connectivity index (χ1) is 9.81. The van der Waals surface area contributed by atoms with Gasteiger partial charge in [0.1, 0.15) is 11.6 Å². The lowest BCUT2D eigenvalue weighted by Gasteiger charge is -2.14. The zero-order valence-corrected chi connectivity index (χ0v) is 11.7. The van der Waals surface area contributed by atoms with Crippen LogP contribution in [0.15, 0.2) is 24.3 Å². The number of ether oxygens (including phenoxy) is 1. The van der Waals surface area contributed by atoms with Gasteiger partial charge in [-0.15, -0.1) is 13.2 Å². The number of hydrogen-bond acceptors (Lipinski definition) is 4. The molecule has 4 nitrogen and oxygen atoms in total. The monoisotopic (exact) mass is 297 g/mol. The number of alkyl halides is 3. The summed E-state index contributed by atoms with van der Waals surface area (Å²) in [7, 11) is 1.69. The summed E-state index contributed by atoms with van der Waals surface area (Å²) in [4.78, 5) is 8.49. The number of halogens is 3. The highest BCUT2D eigenvalue weighted by atomic mass is 19.4. The number of nitrogens with one attached hydrogen (secondary N) is 1. The van der Waals surface area contributed by atoms with Crippen molar-refractivity contribution in [1.82, 2.24) is 9.97 Å². The van der Waals surface area contributed by atoms with E-state index in [-0.39, 0.29) is 17.1 Å². The molecule has 0 unspecified atom stereocenters. The molecule has 0 saturated heterocycles. The van der Waals surface area contributed by atoms with E-state index in [1.165, 1.54) is 18.2 Å². The minimum absolute atomic E-state index is 0.183. The average molecular weight is 297 g/mol. The molecule has 0 atom stereocenters. The summed E-state index contributed by atoms with van der Waals surface area (Å²) in [6, 6.07) is 5.80. The fourth-order valence-corrected chi connectivity index (χ4v) is 1.86. The molecule has 0 amide bonds. The van der Waals surface area contributed by atoms with E-state index in [4.69, 9.17) is 0 Å². The van der Waals surface area contributed by atoms with E-state index in [1.807, 2.05) is 6.92 Å². The van der Waals surface area contributed by atoms with Crippen molar-refractivity contribution < 1.29 is 17.9 Å². The number of rotatable bonds is 3. The lowest BCUT2D eigenvalue weighted by atomic mass is 10.1. The molecule has 112 valence electrons. The van der Waals surface area contributed by atoms with E-state index in [0.717, 1.165) is 5.56 Å². The Kier molecular flexibility index (Phi) is 4.02. The van der Waals surface area contributed by atoms with Crippen LogP contribution in [0.25, 0.3) is 11.4 Å². The van der Waals surface area contributed by atoms with Crippen LogP contribution >= 0.6 is 0 Å². The highest BCUT2D eigenvalue weighted by Gasteiger charge is 2.32. The third-order valence-electron chi connectivity index (χ3n) is 2.98. The Morgan fingerprint density at radius 3 is 2.38 bits per heavy atom. The van der Waals surface area contributed by atoms with Gasteiger partial charge in [0.15, 0.2) is 5.82 Å². The van der Waals surface area contributed by atoms with Crippen molar-refractivity contribution in [2.45, 2.75) is 20.2 Å². The van der Waals surface area contributed by atoms with Gasteiger partial charge in [0.05, 0.1) is 5.56 Å². The van der Waals surface area contributed by atoms with Crippen molar-refractivity contribution in [2.75, 3.05) is 12.4 Å². The number of aryl methyl sites for hydroxylation is 1. The summed E-state index contributed by atoms with van der Waals surface area (Å²) < 4.78 is 41.4. The predicted molar refractivity (Wildman–Crippen MR) is 73.2 cm³/mol. The smallest absolute Gasteiger partial charge is 0.405 e. The van der Waals surface area contributed by atoms with E-state index in [1.54, 1.807) is 20.0 Å². The number of benzene rings is 1. The first-order valence-corrected chi connectivity index (χ1v) is 6.20. The minimum atomic E-state index is -4.76. The summed E-state index contributed by atoms with van der Waals surface area (Å²) in [6.07, 6.45) is -4.76. The Morgan fingerprint density at radius 2 is 1.76 bits per heavy atom. The molecule has 1 heterocycles. The molecule has 1 N–H and O–H groups in total. The molecule has 0 radical (unpaired) electrons. The molecule has 0 aliphatic carbocycles. The van der Waals surface area contributed by atoms with Gasteiger partial charge in [-0.3, -0.25) is 0 Å². The molecule has 0 saturated carbocycles. The molecule has 0 aliphatic heterocycles. The van der Waals surface area contributed by atoms with Crippen LogP contribution in [0.2, 0.25) is 0 Å². The lowest BCUT2D eigenvalue weighted by Crippen LogP contribution is -2.17. The van der Waals surface area contributed by atoms with E-state index in [0.29, 0.717) is 11.5 Å². The second-order valence-corrected chi connectivity index (χ2v) is 4.40. The summed E-state index contributed by atoms with van der Waals surface area (Å²) in [5.41, 5.74) is 1.72. The molecule has 7 heteroatoms. The van der Waals surface area contributed by atoms with Gasteiger partial charge in [-0.2, -0.15) is 0 Å². The summed E-state index contributed by atoms with van der Waals surface area (Å²) in [6.45, 7) is 3.61. The Hall–Kier alpha value is -2.31. The molecule has 21 heavy (non-hydrogen) atoms. The maximum absolute atomic E-state index is 12.5. The highest BCUT2D eigenvalue weighted by Crippen LogP contribution is 2.33. The van der Waals surface area contributed by atoms with Gasteiger partial charge in [-0.25, -0.2) is 9.97 Å². The third kappa shape index (κ3) is 3.42. The van der Waals surface area contributed by atoms with Gasteiger partial charge < -0.3 is 10.1 Å². The molecule has 2 rings (SSSR count). The van der Waals surface area contributed by atoms with Crippen molar-refractivity contribution in [3.8, 4) is 17.1 Å². The molecular weight excluding hydrogens is 283 g/mol. The van der Waals surface area contributed by atoms with Gasteiger partial charge in [0, 0.05) is 18.3 Å². The molecule has 1 aromatic carbocycles. The quantitative estimate of drug-likeness (QED) is 0.938. The lowest BCUT2D eigenvalue weighted by molar-refractivity contribution is -0.274. The second kappa shape index (κ2) is 5.59. The fraction of sp³-hybridized carbons (Fsp3) is 0.286. The van der Waals surface area contributed by atoms with Crippen LogP contribution in [-0.2, 0) is 0 Å². The molecule has 0 aliphatic rings. The van der Waals surface area contributed by atoms with Crippen LogP contribution in [0.1, 0.15) is 11.3 Å². The number of hydrogen-bond donors (Lipinski definition) is 1. The predicted octanol–water partition coefficient (Wildman–Crippen LogP) is 3.70. The minimum Gasteiger partial charge on any atom is -0.405 e. The topological polar surface area (TPSA) is 47.0 Å². The Morgan fingerprint density at radius 1 is 1.10 bits per heavy atom. The van der Waals surface area contributed by atoms with Crippen LogP contribution in [0.4, 0.5) is 19.0 Å².